The van der Waals surface area contributed by atoms with E-state index in [4.69, 9.17) is 4.74 Å². The molecule has 1 aromatic heterocycles. The number of hydrogen-bond donors (Lipinski definition) is 0. The zero-order valence-electron chi connectivity index (χ0n) is 11.9. The number of ether oxygens (including phenoxy) is 1. The highest BCUT2D eigenvalue weighted by Gasteiger charge is 2.26. The monoisotopic (exact) mass is 261 g/mol. The van der Waals surface area contributed by atoms with Crippen LogP contribution in [0, 0.1) is 11.8 Å². The van der Waals surface area contributed by atoms with E-state index in [0.29, 0.717) is 17.9 Å². The summed E-state index contributed by atoms with van der Waals surface area (Å²) in [5.41, 5.74) is 0.700. The van der Waals surface area contributed by atoms with Crippen LogP contribution < -0.4 is 4.74 Å². The van der Waals surface area contributed by atoms with Crippen LogP contribution in [0.2, 0.25) is 0 Å². The molecule has 1 aliphatic carbocycles. The van der Waals surface area contributed by atoms with Gasteiger partial charge in [0.1, 0.15) is 5.75 Å². The van der Waals surface area contributed by atoms with Crippen LogP contribution in [0.4, 0.5) is 0 Å². The molecule has 0 saturated heterocycles. The van der Waals surface area contributed by atoms with E-state index in [1.807, 2.05) is 13.0 Å². The highest BCUT2D eigenvalue weighted by Crippen LogP contribution is 2.32. The lowest BCUT2D eigenvalue weighted by Crippen LogP contribution is -2.22. The first-order valence-electron chi connectivity index (χ1n) is 7.36. The molecule has 3 heteroatoms. The fourth-order valence-electron chi connectivity index (χ4n) is 2.87. The van der Waals surface area contributed by atoms with Gasteiger partial charge in [0, 0.05) is 17.7 Å². The molecular weight excluding hydrogens is 238 g/mol. The second-order valence-electron chi connectivity index (χ2n) is 5.33. The molecule has 1 aromatic rings. The number of ketones is 1. The third-order valence-electron chi connectivity index (χ3n) is 4.10. The first-order chi connectivity index (χ1) is 9.24. The van der Waals surface area contributed by atoms with Crippen LogP contribution in [0.15, 0.2) is 18.5 Å². The SMILES string of the molecule is CCOc1cncc(C(=O)C2CCC(CC)CC2)c1. The van der Waals surface area contributed by atoms with Crippen LogP contribution in [-0.2, 0) is 0 Å². The second-order valence-corrected chi connectivity index (χ2v) is 5.33. The number of pyridine rings is 1. The number of nitrogens with zero attached hydrogens (tertiary/aromatic N) is 1. The number of aromatic nitrogens is 1. The Balaban J connectivity index is 2.01. The van der Waals surface area contributed by atoms with E-state index in [1.54, 1.807) is 12.4 Å². The molecule has 0 bridgehead atoms. The maximum Gasteiger partial charge on any atom is 0.167 e. The van der Waals surface area contributed by atoms with Gasteiger partial charge in [0.05, 0.1) is 12.8 Å². The van der Waals surface area contributed by atoms with Crippen LogP contribution in [0.1, 0.15) is 56.3 Å². The molecule has 1 fully saturated rings. The van der Waals surface area contributed by atoms with E-state index >= 15 is 0 Å². The summed E-state index contributed by atoms with van der Waals surface area (Å²) in [5.74, 6) is 1.93. The number of rotatable bonds is 5. The first kappa shape index (κ1) is 14.0. The molecule has 1 aliphatic rings. The molecule has 0 unspecified atom stereocenters. The summed E-state index contributed by atoms with van der Waals surface area (Å²) >= 11 is 0. The summed E-state index contributed by atoms with van der Waals surface area (Å²) in [7, 11) is 0. The molecule has 0 atom stereocenters. The smallest absolute Gasteiger partial charge is 0.167 e. The Kier molecular flexibility index (Phi) is 4.94. The zero-order valence-corrected chi connectivity index (χ0v) is 11.9. The fourth-order valence-corrected chi connectivity index (χ4v) is 2.87. The maximum absolute atomic E-state index is 12.5. The molecule has 104 valence electrons. The van der Waals surface area contributed by atoms with Gasteiger partial charge in [-0.15, -0.1) is 0 Å². The molecule has 1 heterocycles. The average molecular weight is 261 g/mol. The standard InChI is InChI=1S/C16H23NO2/c1-3-12-5-7-13(8-6-12)16(18)14-9-15(19-4-2)11-17-10-14/h9-13H,3-8H2,1-2H3. The van der Waals surface area contributed by atoms with Gasteiger partial charge in [-0.3, -0.25) is 9.78 Å². The van der Waals surface area contributed by atoms with E-state index in [1.165, 1.54) is 19.3 Å². The van der Waals surface area contributed by atoms with Crippen molar-refractivity contribution >= 4 is 5.78 Å². The summed E-state index contributed by atoms with van der Waals surface area (Å²) in [6, 6.07) is 1.82. The Morgan fingerprint density at radius 3 is 2.63 bits per heavy atom. The van der Waals surface area contributed by atoms with Crippen molar-refractivity contribution in [1.29, 1.82) is 0 Å². The van der Waals surface area contributed by atoms with E-state index in [9.17, 15) is 4.79 Å². The first-order valence-corrected chi connectivity index (χ1v) is 7.36. The number of carbonyl (C=O) groups is 1. The van der Waals surface area contributed by atoms with Gasteiger partial charge < -0.3 is 4.74 Å². The highest BCUT2D eigenvalue weighted by atomic mass is 16.5. The van der Waals surface area contributed by atoms with Crippen molar-refractivity contribution in [2.24, 2.45) is 11.8 Å². The molecule has 0 aliphatic heterocycles. The highest BCUT2D eigenvalue weighted by molar-refractivity contribution is 5.97. The minimum atomic E-state index is 0.182. The van der Waals surface area contributed by atoms with Gasteiger partial charge in [0.15, 0.2) is 5.78 Å². The Morgan fingerprint density at radius 1 is 1.26 bits per heavy atom. The molecular formula is C16H23NO2. The Hall–Kier alpha value is -1.38. The summed E-state index contributed by atoms with van der Waals surface area (Å²) in [4.78, 5) is 16.6. The second kappa shape index (κ2) is 6.69. The molecule has 0 amide bonds. The van der Waals surface area contributed by atoms with Gasteiger partial charge in [-0.25, -0.2) is 0 Å². The van der Waals surface area contributed by atoms with Crippen molar-refractivity contribution < 1.29 is 9.53 Å². The van der Waals surface area contributed by atoms with E-state index in [2.05, 4.69) is 11.9 Å². The van der Waals surface area contributed by atoms with Crippen molar-refractivity contribution in [3.8, 4) is 5.75 Å². The average Bonchev–Trinajstić information content (AvgIpc) is 2.47. The van der Waals surface area contributed by atoms with Gasteiger partial charge in [0.2, 0.25) is 0 Å². The summed E-state index contributed by atoms with van der Waals surface area (Å²) in [5, 5.41) is 0. The predicted octanol–water partition coefficient (Wildman–Crippen LogP) is 3.88. The van der Waals surface area contributed by atoms with Crippen LogP contribution >= 0.6 is 0 Å². The minimum Gasteiger partial charge on any atom is -0.492 e. The normalized spacial score (nSPS) is 23.1. The Bertz CT molecular complexity index is 423. The van der Waals surface area contributed by atoms with Crippen LogP contribution in [0.5, 0.6) is 5.75 Å². The Morgan fingerprint density at radius 2 is 2.00 bits per heavy atom. The maximum atomic E-state index is 12.5. The Labute approximate surface area is 115 Å². The number of carbonyl (C=O) groups excluding carboxylic acids is 1. The molecule has 0 aromatic carbocycles. The minimum absolute atomic E-state index is 0.182. The van der Waals surface area contributed by atoms with Crippen molar-refractivity contribution in [1.82, 2.24) is 4.98 Å². The molecule has 3 nitrogen and oxygen atoms in total. The summed E-state index contributed by atoms with van der Waals surface area (Å²) in [6.07, 6.45) is 8.98. The third-order valence-corrected chi connectivity index (χ3v) is 4.10. The molecule has 1 saturated carbocycles. The quantitative estimate of drug-likeness (QED) is 0.755. The van der Waals surface area contributed by atoms with Crippen molar-refractivity contribution in [2.45, 2.75) is 46.0 Å². The van der Waals surface area contributed by atoms with Crippen molar-refractivity contribution in [3.63, 3.8) is 0 Å². The van der Waals surface area contributed by atoms with Crippen LogP contribution in [0.25, 0.3) is 0 Å². The van der Waals surface area contributed by atoms with Crippen molar-refractivity contribution in [2.75, 3.05) is 6.61 Å². The molecule has 0 radical (unpaired) electrons. The van der Waals surface area contributed by atoms with Crippen LogP contribution in [0.3, 0.4) is 0 Å². The van der Waals surface area contributed by atoms with Gasteiger partial charge in [-0.1, -0.05) is 13.3 Å². The van der Waals surface area contributed by atoms with Crippen molar-refractivity contribution in [3.05, 3.63) is 24.0 Å². The summed E-state index contributed by atoms with van der Waals surface area (Å²) < 4.78 is 5.40. The number of hydrogen-bond acceptors (Lipinski definition) is 3. The molecule has 19 heavy (non-hydrogen) atoms. The van der Waals surface area contributed by atoms with Gasteiger partial charge in [-0.2, -0.15) is 0 Å². The van der Waals surface area contributed by atoms with Gasteiger partial charge in [0.25, 0.3) is 0 Å². The zero-order chi connectivity index (χ0) is 13.7. The van der Waals surface area contributed by atoms with Crippen LogP contribution in [-0.4, -0.2) is 17.4 Å². The lowest BCUT2D eigenvalue weighted by atomic mass is 9.78. The van der Waals surface area contributed by atoms with Gasteiger partial charge >= 0.3 is 0 Å². The lowest BCUT2D eigenvalue weighted by molar-refractivity contribution is 0.0870. The topological polar surface area (TPSA) is 39.2 Å². The largest absolute Gasteiger partial charge is 0.492 e. The van der Waals surface area contributed by atoms with E-state index in [-0.39, 0.29) is 11.7 Å². The molecule has 0 spiro atoms. The fraction of sp³-hybridized carbons (Fsp3) is 0.625. The van der Waals surface area contributed by atoms with Gasteiger partial charge in [-0.05, 0) is 44.6 Å². The summed E-state index contributed by atoms with van der Waals surface area (Å²) in [6.45, 7) is 4.77. The van der Waals surface area contributed by atoms with E-state index < -0.39 is 0 Å². The third kappa shape index (κ3) is 3.55. The molecule has 0 N–H and O–H groups in total. The number of Topliss-reactive ketones (excluding diaryl/α,β-unsaturated/α-hetero) is 1. The molecule has 2 rings (SSSR count). The predicted molar refractivity (Wildman–Crippen MR) is 75.5 cm³/mol. The lowest BCUT2D eigenvalue weighted by Gasteiger charge is -2.26. The van der Waals surface area contributed by atoms with E-state index in [0.717, 1.165) is 18.8 Å².